The molecule has 0 aliphatic rings. The predicted octanol–water partition coefficient (Wildman–Crippen LogP) is 4.46. The molecule has 0 radical (unpaired) electrons. The van der Waals surface area contributed by atoms with Crippen LogP contribution in [-0.4, -0.2) is 29.3 Å². The Hall–Kier alpha value is -2.47. The highest BCUT2D eigenvalue weighted by Crippen LogP contribution is 2.35. The highest BCUT2D eigenvalue weighted by atomic mass is 79.9. The number of benzene rings is 2. The summed E-state index contributed by atoms with van der Waals surface area (Å²) in [4.78, 5) is 14.7. The number of aryl methyl sites for hydroxylation is 1. The molecule has 0 aliphatic carbocycles. The molecule has 0 spiro atoms. The fraction of sp³-hybridized carbons (Fsp3) is 0.250. The summed E-state index contributed by atoms with van der Waals surface area (Å²) in [6.45, 7) is 2.61. The molecule has 0 atom stereocenters. The van der Waals surface area contributed by atoms with Crippen LogP contribution in [0.15, 0.2) is 46.9 Å². The number of halogens is 1. The van der Waals surface area contributed by atoms with E-state index in [0.717, 1.165) is 16.9 Å². The van der Waals surface area contributed by atoms with Crippen LogP contribution in [-0.2, 0) is 18.3 Å². The standard InChI is InChI=1S/C20H21BrN2O3/c1-4-26-20(25)19-14-10-18(24)15(21)11-16(14)23(3)17(19)12-22(2)13-8-6-5-7-9-13/h5-11,24H,4,12H2,1-3H3. The van der Waals surface area contributed by atoms with Gasteiger partial charge in [-0.3, -0.25) is 0 Å². The van der Waals surface area contributed by atoms with Crippen LogP contribution in [0.25, 0.3) is 10.9 Å². The molecule has 6 heteroatoms. The fourth-order valence-corrected chi connectivity index (χ4v) is 3.44. The lowest BCUT2D eigenvalue weighted by Gasteiger charge is -2.20. The van der Waals surface area contributed by atoms with Crippen LogP contribution in [0.2, 0.25) is 0 Å². The van der Waals surface area contributed by atoms with Crippen molar-refractivity contribution in [1.82, 2.24) is 4.57 Å². The number of rotatable bonds is 5. The average Bonchev–Trinajstić information content (AvgIpc) is 2.88. The van der Waals surface area contributed by atoms with Crippen molar-refractivity contribution in [2.45, 2.75) is 13.5 Å². The molecule has 0 amide bonds. The molecule has 1 heterocycles. The Balaban J connectivity index is 2.15. The van der Waals surface area contributed by atoms with Crippen molar-refractivity contribution in [3.05, 3.63) is 58.2 Å². The number of anilines is 1. The van der Waals surface area contributed by atoms with Gasteiger partial charge in [0.1, 0.15) is 5.75 Å². The fourth-order valence-electron chi connectivity index (χ4n) is 3.11. The monoisotopic (exact) mass is 416 g/mol. The van der Waals surface area contributed by atoms with Crippen LogP contribution in [0, 0.1) is 0 Å². The maximum atomic E-state index is 12.7. The topological polar surface area (TPSA) is 54.7 Å². The van der Waals surface area contributed by atoms with E-state index < -0.39 is 0 Å². The maximum absolute atomic E-state index is 12.7. The van der Waals surface area contributed by atoms with Crippen LogP contribution in [0.5, 0.6) is 5.75 Å². The predicted molar refractivity (Wildman–Crippen MR) is 107 cm³/mol. The summed E-state index contributed by atoms with van der Waals surface area (Å²) in [5, 5.41) is 10.8. The molecule has 0 saturated carbocycles. The molecule has 0 saturated heterocycles. The minimum atomic E-state index is -0.378. The first-order valence-corrected chi connectivity index (χ1v) is 9.16. The minimum Gasteiger partial charge on any atom is -0.507 e. The third-order valence-corrected chi connectivity index (χ3v) is 5.09. The Labute approximate surface area is 160 Å². The molecule has 0 fully saturated rings. The summed E-state index contributed by atoms with van der Waals surface area (Å²) in [5.74, 6) is -0.284. The first kappa shape index (κ1) is 18.3. The maximum Gasteiger partial charge on any atom is 0.340 e. The van der Waals surface area contributed by atoms with Crippen LogP contribution >= 0.6 is 15.9 Å². The van der Waals surface area contributed by atoms with E-state index in [0.29, 0.717) is 28.6 Å². The van der Waals surface area contributed by atoms with Crippen LogP contribution in [0.4, 0.5) is 5.69 Å². The van der Waals surface area contributed by atoms with E-state index in [4.69, 9.17) is 4.74 Å². The number of aromatic hydroxyl groups is 1. The van der Waals surface area contributed by atoms with Gasteiger partial charge in [-0.2, -0.15) is 0 Å². The van der Waals surface area contributed by atoms with E-state index in [9.17, 15) is 9.90 Å². The van der Waals surface area contributed by atoms with E-state index >= 15 is 0 Å². The van der Waals surface area contributed by atoms with Crippen molar-refractivity contribution < 1.29 is 14.6 Å². The third-order valence-electron chi connectivity index (χ3n) is 4.45. The molecular formula is C20H21BrN2O3. The molecule has 3 rings (SSSR count). The number of para-hydroxylation sites is 1. The largest absolute Gasteiger partial charge is 0.507 e. The van der Waals surface area contributed by atoms with E-state index in [1.165, 1.54) is 0 Å². The second-order valence-electron chi connectivity index (χ2n) is 6.11. The normalized spacial score (nSPS) is 10.9. The highest BCUT2D eigenvalue weighted by Gasteiger charge is 2.24. The lowest BCUT2D eigenvalue weighted by atomic mass is 10.1. The number of ether oxygens (including phenoxy) is 1. The lowest BCUT2D eigenvalue weighted by molar-refractivity contribution is 0.0527. The van der Waals surface area contributed by atoms with Crippen molar-refractivity contribution in [1.29, 1.82) is 0 Å². The van der Waals surface area contributed by atoms with E-state index in [2.05, 4.69) is 20.8 Å². The number of carbonyl (C=O) groups excluding carboxylic acids is 1. The summed E-state index contributed by atoms with van der Waals surface area (Å²) in [6.07, 6.45) is 0. The van der Waals surface area contributed by atoms with Gasteiger partial charge in [-0.05, 0) is 47.1 Å². The lowest BCUT2D eigenvalue weighted by Crippen LogP contribution is -2.20. The van der Waals surface area contributed by atoms with Gasteiger partial charge in [-0.25, -0.2) is 4.79 Å². The molecule has 26 heavy (non-hydrogen) atoms. The highest BCUT2D eigenvalue weighted by molar-refractivity contribution is 9.10. The number of phenols is 1. The van der Waals surface area contributed by atoms with Gasteiger partial charge in [0.2, 0.25) is 0 Å². The smallest absolute Gasteiger partial charge is 0.340 e. The Morgan fingerprint density at radius 1 is 1.27 bits per heavy atom. The summed E-state index contributed by atoms with van der Waals surface area (Å²) in [5.41, 5.74) is 3.24. The van der Waals surface area contributed by atoms with Gasteiger partial charge >= 0.3 is 5.97 Å². The van der Waals surface area contributed by atoms with Crippen molar-refractivity contribution in [3.8, 4) is 5.75 Å². The molecule has 0 aliphatic heterocycles. The van der Waals surface area contributed by atoms with Crippen molar-refractivity contribution >= 4 is 38.5 Å². The van der Waals surface area contributed by atoms with Gasteiger partial charge in [0.15, 0.2) is 0 Å². The zero-order valence-corrected chi connectivity index (χ0v) is 16.6. The molecule has 136 valence electrons. The van der Waals surface area contributed by atoms with Crippen molar-refractivity contribution in [2.24, 2.45) is 7.05 Å². The number of fused-ring (bicyclic) bond motifs is 1. The number of nitrogens with zero attached hydrogens (tertiary/aromatic N) is 2. The number of esters is 1. The van der Waals surface area contributed by atoms with E-state index in [1.807, 2.05) is 55.1 Å². The van der Waals surface area contributed by atoms with Gasteiger partial charge < -0.3 is 19.3 Å². The van der Waals surface area contributed by atoms with Gasteiger partial charge in [0.25, 0.3) is 0 Å². The Bertz CT molecular complexity index is 951. The molecule has 1 N–H and O–H groups in total. The van der Waals surface area contributed by atoms with Gasteiger partial charge in [0, 0.05) is 25.2 Å². The average molecular weight is 417 g/mol. The summed E-state index contributed by atoms with van der Waals surface area (Å²) < 4.78 is 7.85. The quantitative estimate of drug-likeness (QED) is 0.623. The Morgan fingerprint density at radius 2 is 1.96 bits per heavy atom. The number of hydrogen-bond donors (Lipinski definition) is 1. The summed E-state index contributed by atoms with van der Waals surface area (Å²) in [7, 11) is 3.90. The SMILES string of the molecule is CCOC(=O)c1c(CN(C)c2ccccc2)n(C)c2cc(Br)c(O)cc12. The molecule has 5 nitrogen and oxygen atoms in total. The van der Waals surface area contributed by atoms with Crippen molar-refractivity contribution in [3.63, 3.8) is 0 Å². The van der Waals surface area contributed by atoms with E-state index in [1.54, 1.807) is 13.0 Å². The van der Waals surface area contributed by atoms with E-state index in [-0.39, 0.29) is 11.7 Å². The minimum absolute atomic E-state index is 0.0941. The second-order valence-corrected chi connectivity index (χ2v) is 6.97. The zero-order chi connectivity index (χ0) is 18.8. The second kappa shape index (κ2) is 7.41. The third kappa shape index (κ3) is 3.29. The zero-order valence-electron chi connectivity index (χ0n) is 15.0. The van der Waals surface area contributed by atoms with Crippen molar-refractivity contribution in [2.75, 3.05) is 18.6 Å². The Morgan fingerprint density at radius 3 is 2.62 bits per heavy atom. The van der Waals surface area contributed by atoms with Gasteiger partial charge in [-0.1, -0.05) is 18.2 Å². The molecule has 3 aromatic rings. The first-order chi connectivity index (χ1) is 12.4. The Kier molecular flexibility index (Phi) is 5.23. The van der Waals surface area contributed by atoms with Gasteiger partial charge in [-0.15, -0.1) is 0 Å². The number of phenolic OH excluding ortho intramolecular Hbond substituents is 1. The number of carbonyl (C=O) groups is 1. The van der Waals surface area contributed by atoms with Crippen LogP contribution in [0.3, 0.4) is 0 Å². The summed E-state index contributed by atoms with van der Waals surface area (Å²) in [6, 6.07) is 13.4. The molecule has 0 bridgehead atoms. The summed E-state index contributed by atoms with van der Waals surface area (Å²) >= 11 is 3.35. The van der Waals surface area contributed by atoms with Gasteiger partial charge in [0.05, 0.1) is 34.4 Å². The molecular weight excluding hydrogens is 396 g/mol. The van der Waals surface area contributed by atoms with Crippen LogP contribution < -0.4 is 4.90 Å². The molecule has 1 aromatic heterocycles. The molecule has 2 aromatic carbocycles. The molecule has 0 unspecified atom stereocenters. The number of aromatic nitrogens is 1. The number of hydrogen-bond acceptors (Lipinski definition) is 4. The first-order valence-electron chi connectivity index (χ1n) is 8.37. The van der Waals surface area contributed by atoms with Crippen LogP contribution in [0.1, 0.15) is 23.0 Å².